The van der Waals surface area contributed by atoms with Crippen molar-refractivity contribution >= 4 is 34.6 Å². The second kappa shape index (κ2) is 10.2. The van der Waals surface area contributed by atoms with Crippen LogP contribution in [0.1, 0.15) is 18.1 Å². The molecule has 0 atom stereocenters. The third kappa shape index (κ3) is 5.78. The number of hydrogen-bond acceptors (Lipinski definition) is 5. The second-order valence-corrected chi connectivity index (χ2v) is 7.24. The Morgan fingerprint density at radius 3 is 2.40 bits per heavy atom. The van der Waals surface area contributed by atoms with Crippen molar-refractivity contribution in [2.75, 3.05) is 11.9 Å². The monoisotopic (exact) mass is 446 g/mol. The molecule has 3 aromatic carbocycles. The van der Waals surface area contributed by atoms with Crippen LogP contribution in [-0.4, -0.2) is 11.5 Å². The van der Waals surface area contributed by atoms with Crippen molar-refractivity contribution in [2.24, 2.45) is 0 Å². The van der Waals surface area contributed by atoms with E-state index >= 15 is 0 Å². The van der Waals surface area contributed by atoms with Gasteiger partial charge in [0.15, 0.2) is 11.5 Å². The molecule has 0 saturated heterocycles. The van der Waals surface area contributed by atoms with Crippen LogP contribution >= 0.6 is 23.2 Å². The van der Waals surface area contributed by atoms with Gasteiger partial charge in [0.2, 0.25) is 0 Å². The van der Waals surface area contributed by atoms with Crippen molar-refractivity contribution in [1.82, 2.24) is 0 Å². The average molecular weight is 447 g/mol. The van der Waals surface area contributed by atoms with E-state index in [1.54, 1.807) is 24.3 Å². The lowest BCUT2D eigenvalue weighted by Crippen LogP contribution is -2.03. The summed E-state index contributed by atoms with van der Waals surface area (Å²) in [5.74, 6) is 1.24. The predicted octanol–water partition coefficient (Wildman–Crippen LogP) is 6.49. The number of hydrogen-bond donors (Lipinski definition) is 1. The van der Waals surface area contributed by atoms with Crippen molar-refractivity contribution in [3.05, 3.63) is 92.0 Å². The molecule has 0 aliphatic carbocycles. The minimum Gasteiger partial charge on any atom is -0.490 e. The Bertz CT molecular complexity index is 1030. The highest BCUT2D eigenvalue weighted by Crippen LogP contribution is 2.31. The number of nitro benzene ring substituents is 1. The van der Waals surface area contributed by atoms with Gasteiger partial charge in [0.25, 0.3) is 5.69 Å². The Morgan fingerprint density at radius 2 is 1.73 bits per heavy atom. The van der Waals surface area contributed by atoms with Crippen LogP contribution in [0.25, 0.3) is 0 Å². The molecule has 8 heteroatoms. The van der Waals surface area contributed by atoms with E-state index in [1.807, 2.05) is 31.2 Å². The zero-order chi connectivity index (χ0) is 21.5. The Kier molecular flexibility index (Phi) is 7.38. The topological polar surface area (TPSA) is 73.6 Å². The number of non-ortho nitro benzene ring substituents is 1. The van der Waals surface area contributed by atoms with Gasteiger partial charge in [-0.1, -0.05) is 35.3 Å². The molecule has 0 amide bonds. The lowest BCUT2D eigenvalue weighted by Gasteiger charge is -2.15. The number of halogens is 2. The van der Waals surface area contributed by atoms with Crippen LogP contribution < -0.4 is 14.8 Å². The number of nitrogens with zero attached hydrogens (tertiary/aromatic N) is 1. The average Bonchev–Trinajstić information content (AvgIpc) is 2.73. The first-order valence-corrected chi connectivity index (χ1v) is 10.0. The molecule has 0 saturated carbocycles. The number of nitrogens with one attached hydrogen (secondary N) is 1. The van der Waals surface area contributed by atoms with Crippen LogP contribution in [0.2, 0.25) is 10.0 Å². The van der Waals surface area contributed by atoms with E-state index in [2.05, 4.69) is 5.32 Å². The molecular weight excluding hydrogens is 427 g/mol. The number of nitro groups is 1. The number of anilines is 1. The summed E-state index contributed by atoms with van der Waals surface area (Å²) in [5.41, 5.74) is 2.65. The van der Waals surface area contributed by atoms with E-state index < -0.39 is 4.92 Å². The Morgan fingerprint density at radius 1 is 0.967 bits per heavy atom. The summed E-state index contributed by atoms with van der Waals surface area (Å²) >= 11 is 12.1. The molecule has 3 rings (SSSR count). The number of ether oxygens (including phenoxy) is 2. The van der Waals surface area contributed by atoms with E-state index in [4.69, 9.17) is 32.7 Å². The molecule has 0 heterocycles. The van der Waals surface area contributed by atoms with E-state index in [-0.39, 0.29) is 12.3 Å². The summed E-state index contributed by atoms with van der Waals surface area (Å²) in [6.45, 7) is 3.22. The maximum absolute atomic E-state index is 10.7. The second-order valence-electron chi connectivity index (χ2n) is 6.40. The molecule has 0 aliphatic heterocycles. The highest BCUT2D eigenvalue weighted by atomic mass is 35.5. The van der Waals surface area contributed by atoms with E-state index in [0.29, 0.717) is 34.7 Å². The normalized spacial score (nSPS) is 10.5. The van der Waals surface area contributed by atoms with Gasteiger partial charge in [-0.3, -0.25) is 10.1 Å². The van der Waals surface area contributed by atoms with Gasteiger partial charge in [-0.2, -0.15) is 0 Å². The fourth-order valence-electron chi connectivity index (χ4n) is 2.75. The van der Waals surface area contributed by atoms with Gasteiger partial charge in [0.05, 0.1) is 11.5 Å². The van der Waals surface area contributed by atoms with E-state index in [0.717, 1.165) is 16.8 Å². The van der Waals surface area contributed by atoms with E-state index in [1.165, 1.54) is 12.1 Å². The first-order chi connectivity index (χ1) is 14.5. The van der Waals surface area contributed by atoms with Crippen molar-refractivity contribution in [3.63, 3.8) is 0 Å². The highest BCUT2D eigenvalue weighted by Gasteiger charge is 2.09. The Hall–Kier alpha value is -2.96. The largest absolute Gasteiger partial charge is 0.490 e. The lowest BCUT2D eigenvalue weighted by molar-refractivity contribution is -0.384. The molecular formula is C22H20Cl2N2O4. The van der Waals surface area contributed by atoms with Crippen LogP contribution in [0.5, 0.6) is 11.5 Å². The summed E-state index contributed by atoms with van der Waals surface area (Å²) in [5, 5.41) is 15.1. The fourth-order valence-corrected chi connectivity index (χ4v) is 3.21. The maximum atomic E-state index is 10.7. The van der Waals surface area contributed by atoms with Gasteiger partial charge >= 0.3 is 0 Å². The van der Waals surface area contributed by atoms with Crippen molar-refractivity contribution in [3.8, 4) is 11.5 Å². The zero-order valence-corrected chi connectivity index (χ0v) is 17.7. The third-order valence-electron chi connectivity index (χ3n) is 4.28. The molecule has 0 unspecified atom stereocenters. The molecule has 0 aliphatic rings. The molecule has 0 bridgehead atoms. The first-order valence-electron chi connectivity index (χ1n) is 9.27. The lowest BCUT2D eigenvalue weighted by atomic mass is 10.2. The molecule has 1 N–H and O–H groups in total. The first kappa shape index (κ1) is 21.7. The zero-order valence-electron chi connectivity index (χ0n) is 16.2. The molecule has 0 spiro atoms. The van der Waals surface area contributed by atoms with Crippen molar-refractivity contribution in [1.29, 1.82) is 0 Å². The molecule has 0 radical (unpaired) electrons. The molecule has 0 aromatic heterocycles. The standard InChI is InChI=1S/C22H20Cl2N2O4/c1-2-29-22-11-15(13-25-18-6-8-19(9-7-18)26(27)28)3-10-21(22)30-14-16-4-5-17(23)12-20(16)24/h3-12,25H,2,13-14H2,1H3. The van der Waals surface area contributed by atoms with Crippen molar-refractivity contribution in [2.45, 2.75) is 20.1 Å². The Labute approximate surface area is 184 Å². The fraction of sp³-hybridized carbons (Fsp3) is 0.182. The van der Waals surface area contributed by atoms with Crippen LogP contribution in [0, 0.1) is 10.1 Å². The van der Waals surface area contributed by atoms with Gasteiger partial charge in [-0.15, -0.1) is 0 Å². The van der Waals surface area contributed by atoms with Crippen LogP contribution in [-0.2, 0) is 13.2 Å². The van der Waals surface area contributed by atoms with Gasteiger partial charge in [0, 0.05) is 40.0 Å². The number of rotatable bonds is 9. The molecule has 0 fully saturated rings. The molecule has 30 heavy (non-hydrogen) atoms. The summed E-state index contributed by atoms with van der Waals surface area (Å²) in [6.07, 6.45) is 0. The summed E-state index contributed by atoms with van der Waals surface area (Å²) in [4.78, 5) is 10.3. The summed E-state index contributed by atoms with van der Waals surface area (Å²) in [7, 11) is 0. The maximum Gasteiger partial charge on any atom is 0.269 e. The Balaban J connectivity index is 1.67. The highest BCUT2D eigenvalue weighted by molar-refractivity contribution is 6.35. The third-order valence-corrected chi connectivity index (χ3v) is 4.87. The minimum absolute atomic E-state index is 0.0569. The quantitative estimate of drug-likeness (QED) is 0.300. The SMILES string of the molecule is CCOc1cc(CNc2ccc([N+](=O)[O-])cc2)ccc1OCc1ccc(Cl)cc1Cl. The van der Waals surface area contributed by atoms with Gasteiger partial charge < -0.3 is 14.8 Å². The molecule has 156 valence electrons. The van der Waals surface area contributed by atoms with Crippen LogP contribution in [0.4, 0.5) is 11.4 Å². The minimum atomic E-state index is -0.423. The number of benzene rings is 3. The van der Waals surface area contributed by atoms with Gasteiger partial charge in [-0.05, 0) is 48.9 Å². The molecule has 6 nitrogen and oxygen atoms in total. The smallest absolute Gasteiger partial charge is 0.269 e. The van der Waals surface area contributed by atoms with Crippen LogP contribution in [0.15, 0.2) is 60.7 Å². The van der Waals surface area contributed by atoms with E-state index in [9.17, 15) is 10.1 Å². The summed E-state index contributed by atoms with van der Waals surface area (Å²) in [6, 6.07) is 17.2. The predicted molar refractivity (Wildman–Crippen MR) is 119 cm³/mol. The van der Waals surface area contributed by atoms with Gasteiger partial charge in [-0.25, -0.2) is 0 Å². The summed E-state index contributed by atoms with van der Waals surface area (Å²) < 4.78 is 11.6. The van der Waals surface area contributed by atoms with Crippen LogP contribution in [0.3, 0.4) is 0 Å². The van der Waals surface area contributed by atoms with Crippen molar-refractivity contribution < 1.29 is 14.4 Å². The van der Waals surface area contributed by atoms with Gasteiger partial charge in [0.1, 0.15) is 6.61 Å². The molecule has 3 aromatic rings.